The van der Waals surface area contributed by atoms with Crippen molar-refractivity contribution in [2.75, 3.05) is 13.1 Å². The van der Waals surface area contributed by atoms with Gasteiger partial charge in [0.1, 0.15) is 0 Å². The molecule has 1 aliphatic rings. The highest BCUT2D eigenvalue weighted by atomic mass is 16.5. The second kappa shape index (κ2) is 6.50. The van der Waals surface area contributed by atoms with Crippen molar-refractivity contribution in [2.24, 2.45) is 11.7 Å². The van der Waals surface area contributed by atoms with E-state index in [0.29, 0.717) is 30.7 Å². The van der Waals surface area contributed by atoms with Crippen molar-refractivity contribution in [3.8, 4) is 11.4 Å². The SMILES string of the molecule is CC(C)c1ccc(-c2noc(CN3CCC(C(N)=O)C3)n2)cc1. The number of benzene rings is 1. The molecule has 2 N–H and O–H groups in total. The fraction of sp³-hybridized carbons (Fsp3) is 0.471. The number of carbonyl (C=O) groups is 1. The lowest BCUT2D eigenvalue weighted by molar-refractivity contribution is -0.121. The molecule has 1 amide bonds. The lowest BCUT2D eigenvalue weighted by Crippen LogP contribution is -2.27. The molecule has 0 radical (unpaired) electrons. The predicted molar refractivity (Wildman–Crippen MR) is 86.4 cm³/mol. The maximum absolute atomic E-state index is 11.2. The maximum atomic E-state index is 11.2. The van der Waals surface area contributed by atoms with E-state index in [0.717, 1.165) is 18.5 Å². The summed E-state index contributed by atoms with van der Waals surface area (Å²) >= 11 is 0. The van der Waals surface area contributed by atoms with E-state index >= 15 is 0 Å². The van der Waals surface area contributed by atoms with Crippen molar-refractivity contribution in [3.05, 3.63) is 35.7 Å². The van der Waals surface area contributed by atoms with E-state index in [1.165, 1.54) is 5.56 Å². The molecule has 1 aliphatic heterocycles. The zero-order chi connectivity index (χ0) is 16.4. The molecule has 2 aromatic rings. The average molecular weight is 314 g/mol. The number of rotatable bonds is 5. The van der Waals surface area contributed by atoms with Crippen molar-refractivity contribution in [3.63, 3.8) is 0 Å². The van der Waals surface area contributed by atoms with Gasteiger partial charge in [-0.1, -0.05) is 43.3 Å². The van der Waals surface area contributed by atoms with Crippen LogP contribution in [0.3, 0.4) is 0 Å². The second-order valence-electron chi connectivity index (χ2n) is 6.41. The molecule has 1 atom stereocenters. The number of nitrogens with two attached hydrogens (primary N) is 1. The highest BCUT2D eigenvalue weighted by Gasteiger charge is 2.27. The second-order valence-corrected chi connectivity index (χ2v) is 6.41. The molecule has 1 aromatic carbocycles. The van der Waals surface area contributed by atoms with Gasteiger partial charge in [0.2, 0.25) is 17.6 Å². The molecular weight excluding hydrogens is 292 g/mol. The molecule has 0 spiro atoms. The molecule has 0 bridgehead atoms. The van der Waals surface area contributed by atoms with Gasteiger partial charge in [-0.05, 0) is 24.4 Å². The summed E-state index contributed by atoms with van der Waals surface area (Å²) in [5.41, 5.74) is 7.58. The Morgan fingerprint density at radius 1 is 1.39 bits per heavy atom. The van der Waals surface area contributed by atoms with Gasteiger partial charge in [0.25, 0.3) is 0 Å². The van der Waals surface area contributed by atoms with Crippen molar-refractivity contribution >= 4 is 5.91 Å². The van der Waals surface area contributed by atoms with Crippen LogP contribution < -0.4 is 5.73 Å². The third kappa shape index (κ3) is 3.59. The first-order valence-corrected chi connectivity index (χ1v) is 7.97. The van der Waals surface area contributed by atoms with Crippen LogP contribution in [-0.4, -0.2) is 34.0 Å². The monoisotopic (exact) mass is 314 g/mol. The molecule has 1 fully saturated rings. The van der Waals surface area contributed by atoms with Gasteiger partial charge in [-0.3, -0.25) is 9.69 Å². The summed E-state index contributed by atoms with van der Waals surface area (Å²) in [5, 5.41) is 4.05. The summed E-state index contributed by atoms with van der Waals surface area (Å²) in [5.74, 6) is 1.36. The molecule has 0 aliphatic carbocycles. The third-order valence-electron chi connectivity index (χ3n) is 4.34. The molecule has 122 valence electrons. The number of amides is 1. The molecular formula is C17H22N4O2. The molecule has 6 heteroatoms. The van der Waals surface area contributed by atoms with E-state index in [9.17, 15) is 4.79 Å². The van der Waals surface area contributed by atoms with Crippen molar-refractivity contribution in [1.29, 1.82) is 0 Å². The predicted octanol–water partition coefficient (Wildman–Crippen LogP) is 2.17. The van der Waals surface area contributed by atoms with E-state index in [1.54, 1.807) is 0 Å². The summed E-state index contributed by atoms with van der Waals surface area (Å²) in [7, 11) is 0. The minimum Gasteiger partial charge on any atom is -0.369 e. The van der Waals surface area contributed by atoms with Gasteiger partial charge in [-0.25, -0.2) is 0 Å². The Balaban J connectivity index is 1.65. The Bertz CT molecular complexity index is 678. The maximum Gasteiger partial charge on any atom is 0.241 e. The summed E-state index contributed by atoms with van der Waals surface area (Å²) in [4.78, 5) is 17.8. The number of primary amides is 1. The van der Waals surface area contributed by atoms with E-state index in [2.05, 4.69) is 41.0 Å². The van der Waals surface area contributed by atoms with Crippen molar-refractivity contribution < 1.29 is 9.32 Å². The number of aromatic nitrogens is 2. The number of likely N-dealkylation sites (tertiary alicyclic amines) is 1. The van der Waals surface area contributed by atoms with E-state index in [4.69, 9.17) is 10.3 Å². The quantitative estimate of drug-likeness (QED) is 0.914. The van der Waals surface area contributed by atoms with Crippen LogP contribution in [0.4, 0.5) is 0 Å². The van der Waals surface area contributed by atoms with Crippen molar-refractivity contribution in [1.82, 2.24) is 15.0 Å². The normalized spacial score (nSPS) is 18.7. The van der Waals surface area contributed by atoms with Crippen LogP contribution in [0.1, 0.15) is 37.6 Å². The van der Waals surface area contributed by atoms with Gasteiger partial charge in [-0.15, -0.1) is 0 Å². The highest BCUT2D eigenvalue weighted by molar-refractivity contribution is 5.77. The average Bonchev–Trinajstić information content (AvgIpc) is 3.17. The largest absolute Gasteiger partial charge is 0.369 e. The van der Waals surface area contributed by atoms with Crippen LogP contribution in [0.2, 0.25) is 0 Å². The summed E-state index contributed by atoms with van der Waals surface area (Å²) in [6.07, 6.45) is 0.799. The third-order valence-corrected chi connectivity index (χ3v) is 4.34. The number of hydrogen-bond acceptors (Lipinski definition) is 5. The fourth-order valence-corrected chi connectivity index (χ4v) is 2.85. The molecule has 2 heterocycles. The molecule has 1 unspecified atom stereocenters. The van der Waals surface area contributed by atoms with Crippen LogP contribution in [0.25, 0.3) is 11.4 Å². The minimum atomic E-state index is -0.232. The first-order chi connectivity index (χ1) is 11.0. The number of hydrogen-bond donors (Lipinski definition) is 1. The molecule has 3 rings (SSSR count). The standard InChI is InChI=1S/C17H22N4O2/c1-11(2)12-3-5-13(6-4-12)17-19-15(23-20-17)10-21-8-7-14(9-21)16(18)22/h3-6,11,14H,7-10H2,1-2H3,(H2,18,22). The Labute approximate surface area is 135 Å². The number of carbonyl (C=O) groups excluding carboxylic acids is 1. The topological polar surface area (TPSA) is 85.3 Å². The van der Waals surface area contributed by atoms with Gasteiger partial charge in [-0.2, -0.15) is 4.98 Å². The highest BCUT2D eigenvalue weighted by Crippen LogP contribution is 2.22. The molecule has 1 aromatic heterocycles. The van der Waals surface area contributed by atoms with Gasteiger partial charge >= 0.3 is 0 Å². The Morgan fingerprint density at radius 3 is 2.74 bits per heavy atom. The summed E-state index contributed by atoms with van der Waals surface area (Å²) < 4.78 is 5.34. The minimum absolute atomic E-state index is 0.0685. The first-order valence-electron chi connectivity index (χ1n) is 7.97. The van der Waals surface area contributed by atoms with Gasteiger partial charge in [0.05, 0.1) is 12.5 Å². The van der Waals surface area contributed by atoms with Crippen LogP contribution in [-0.2, 0) is 11.3 Å². The summed E-state index contributed by atoms with van der Waals surface area (Å²) in [6.45, 7) is 6.37. The molecule has 1 saturated heterocycles. The molecule has 0 saturated carbocycles. The molecule has 6 nitrogen and oxygen atoms in total. The van der Waals surface area contributed by atoms with E-state index in [1.807, 2.05) is 12.1 Å². The molecule has 23 heavy (non-hydrogen) atoms. The van der Waals surface area contributed by atoms with Gasteiger partial charge in [0, 0.05) is 12.1 Å². The van der Waals surface area contributed by atoms with Crippen LogP contribution >= 0.6 is 0 Å². The Morgan fingerprint density at radius 2 is 2.13 bits per heavy atom. The van der Waals surface area contributed by atoms with E-state index < -0.39 is 0 Å². The lowest BCUT2D eigenvalue weighted by Gasteiger charge is -2.11. The van der Waals surface area contributed by atoms with Gasteiger partial charge < -0.3 is 10.3 Å². The Kier molecular flexibility index (Phi) is 4.43. The fourth-order valence-electron chi connectivity index (χ4n) is 2.85. The Hall–Kier alpha value is -2.21. The van der Waals surface area contributed by atoms with Gasteiger partial charge in [0.15, 0.2) is 0 Å². The van der Waals surface area contributed by atoms with E-state index in [-0.39, 0.29) is 11.8 Å². The van der Waals surface area contributed by atoms with Crippen LogP contribution in [0.15, 0.2) is 28.8 Å². The first kappa shape index (κ1) is 15.7. The summed E-state index contributed by atoms with van der Waals surface area (Å²) in [6, 6.07) is 8.22. The lowest BCUT2D eigenvalue weighted by atomic mass is 10.0. The zero-order valence-corrected chi connectivity index (χ0v) is 13.5. The zero-order valence-electron chi connectivity index (χ0n) is 13.5. The van der Waals surface area contributed by atoms with Crippen LogP contribution in [0, 0.1) is 5.92 Å². The smallest absolute Gasteiger partial charge is 0.241 e. The van der Waals surface area contributed by atoms with Crippen molar-refractivity contribution in [2.45, 2.75) is 32.7 Å². The van der Waals surface area contributed by atoms with Crippen LogP contribution in [0.5, 0.6) is 0 Å². The number of nitrogens with zero attached hydrogens (tertiary/aromatic N) is 3.